The molecule has 4 nitrogen and oxygen atoms in total. The van der Waals surface area contributed by atoms with E-state index in [2.05, 4.69) is 4.74 Å². The van der Waals surface area contributed by atoms with E-state index in [4.69, 9.17) is 4.42 Å². The molecule has 2 rings (SSSR count). The fourth-order valence-corrected chi connectivity index (χ4v) is 1.99. The van der Waals surface area contributed by atoms with Gasteiger partial charge in [0.05, 0.1) is 12.8 Å². The van der Waals surface area contributed by atoms with Gasteiger partial charge in [0.1, 0.15) is 18.1 Å². The van der Waals surface area contributed by atoms with Gasteiger partial charge >= 0.3 is 12.8 Å². The van der Waals surface area contributed by atoms with Gasteiger partial charge in [0.2, 0.25) is 0 Å². The number of hydrogen-bond donors (Lipinski definition) is 0. The first-order valence-electron chi connectivity index (χ1n) is 6.68. The number of carbonyl (C=O) groups excluding carboxylic acids is 1. The van der Waals surface area contributed by atoms with Crippen LogP contribution in [0.2, 0.25) is 0 Å². The molecule has 1 heterocycles. The average molecular weight is 349 g/mol. The Morgan fingerprint density at radius 2 is 1.96 bits per heavy atom. The topological polar surface area (TPSA) is 42.7 Å². The number of rotatable bonds is 6. The van der Waals surface area contributed by atoms with E-state index in [1.165, 1.54) is 36.6 Å². The van der Waals surface area contributed by atoms with Crippen molar-refractivity contribution < 1.29 is 35.9 Å². The van der Waals surface area contributed by atoms with Crippen LogP contribution in [0, 0.1) is 0 Å². The molecule has 0 saturated carbocycles. The highest BCUT2D eigenvalue weighted by atomic mass is 19.4. The van der Waals surface area contributed by atoms with E-state index in [1.54, 1.807) is 0 Å². The molecule has 0 N–H and O–H groups in total. The van der Waals surface area contributed by atoms with E-state index < -0.39 is 31.8 Å². The Balaban J connectivity index is 2.23. The van der Waals surface area contributed by atoms with Crippen LogP contribution in [0.5, 0.6) is 5.75 Å². The summed E-state index contributed by atoms with van der Waals surface area (Å²) in [6.45, 7) is -5.03. The van der Waals surface area contributed by atoms with Gasteiger partial charge in [0.15, 0.2) is 0 Å². The first-order chi connectivity index (χ1) is 11.2. The van der Waals surface area contributed by atoms with Crippen LogP contribution in [-0.4, -0.2) is 30.1 Å². The van der Waals surface area contributed by atoms with E-state index in [9.17, 15) is 26.7 Å². The second-order valence-electron chi connectivity index (χ2n) is 4.76. The fraction of sp³-hybridized carbons (Fsp3) is 0.267. The van der Waals surface area contributed by atoms with Gasteiger partial charge in [-0.3, -0.25) is 4.79 Å². The van der Waals surface area contributed by atoms with E-state index in [-0.39, 0.29) is 17.1 Å². The number of benzene rings is 1. The lowest BCUT2D eigenvalue weighted by Crippen LogP contribution is -2.38. The smallest absolute Gasteiger partial charge is 0.406 e. The Bertz CT molecular complexity index is 670. The lowest BCUT2D eigenvalue weighted by atomic mass is 10.2. The van der Waals surface area contributed by atoms with E-state index in [0.29, 0.717) is 4.90 Å². The molecule has 0 atom stereocenters. The van der Waals surface area contributed by atoms with Gasteiger partial charge in [-0.2, -0.15) is 22.0 Å². The Labute approximate surface area is 133 Å². The van der Waals surface area contributed by atoms with Crippen molar-refractivity contribution in [3.63, 3.8) is 0 Å². The van der Waals surface area contributed by atoms with Gasteiger partial charge in [0.25, 0.3) is 5.91 Å². The summed E-state index contributed by atoms with van der Waals surface area (Å²) in [6, 6.07) is 7.48. The molecular weight excluding hydrogens is 337 g/mol. The first kappa shape index (κ1) is 17.8. The highest BCUT2D eigenvalue weighted by molar-refractivity contribution is 5.94. The number of halogens is 5. The number of amides is 1. The highest BCUT2D eigenvalue weighted by Crippen LogP contribution is 2.22. The van der Waals surface area contributed by atoms with Crippen LogP contribution in [0.15, 0.2) is 47.1 Å². The fourth-order valence-electron chi connectivity index (χ4n) is 1.99. The lowest BCUT2D eigenvalue weighted by molar-refractivity contribution is -0.142. The van der Waals surface area contributed by atoms with Gasteiger partial charge in [0, 0.05) is 5.56 Å². The van der Waals surface area contributed by atoms with Gasteiger partial charge in [-0.1, -0.05) is 6.07 Å². The predicted octanol–water partition coefficient (Wildman–Crippen LogP) is 4.09. The van der Waals surface area contributed by atoms with E-state index in [1.807, 2.05) is 0 Å². The number of carbonyl (C=O) groups is 1. The molecule has 1 amide bonds. The summed E-state index contributed by atoms with van der Waals surface area (Å²) < 4.78 is 71.7. The summed E-state index contributed by atoms with van der Waals surface area (Å²) in [7, 11) is 0. The largest absolute Gasteiger partial charge is 0.467 e. The zero-order valence-electron chi connectivity index (χ0n) is 12.1. The Morgan fingerprint density at radius 1 is 1.21 bits per heavy atom. The Hall–Kier alpha value is -2.58. The SMILES string of the molecule is O=C(c1cccc(OC(F)F)c1)N(Cc1ccco1)CC(F)(F)F. The molecule has 0 aliphatic carbocycles. The van der Waals surface area contributed by atoms with E-state index >= 15 is 0 Å². The molecule has 2 aromatic rings. The quantitative estimate of drug-likeness (QED) is 0.738. The van der Waals surface area contributed by atoms with Gasteiger partial charge in [-0.15, -0.1) is 0 Å². The van der Waals surface area contributed by atoms with E-state index in [0.717, 1.165) is 6.07 Å². The number of hydrogen-bond acceptors (Lipinski definition) is 3. The summed E-state index contributed by atoms with van der Waals surface area (Å²) in [4.78, 5) is 12.8. The van der Waals surface area contributed by atoms with Crippen molar-refractivity contribution >= 4 is 5.91 Å². The standard InChI is InChI=1S/C15H12F5NO3/c16-14(17)24-11-4-1-3-10(7-11)13(22)21(9-15(18,19)20)8-12-5-2-6-23-12/h1-7,14H,8-9H2. The number of furan rings is 1. The van der Waals surface area contributed by atoms with Crippen molar-refractivity contribution in [2.24, 2.45) is 0 Å². The molecule has 1 aromatic heterocycles. The molecule has 24 heavy (non-hydrogen) atoms. The zero-order valence-corrected chi connectivity index (χ0v) is 12.1. The molecule has 0 bridgehead atoms. The molecule has 0 aliphatic heterocycles. The van der Waals surface area contributed by atoms with Crippen LogP contribution in [0.1, 0.15) is 16.1 Å². The normalized spacial score (nSPS) is 11.6. The maximum absolute atomic E-state index is 12.7. The zero-order chi connectivity index (χ0) is 17.7. The minimum atomic E-state index is -4.63. The van der Waals surface area contributed by atoms with Crippen LogP contribution < -0.4 is 4.74 Å². The summed E-state index contributed by atoms with van der Waals surface area (Å²) in [5, 5.41) is 0. The molecule has 0 aliphatic rings. The molecular formula is C15H12F5NO3. The van der Waals surface area contributed by atoms with Crippen LogP contribution in [0.3, 0.4) is 0 Å². The van der Waals surface area contributed by atoms with Crippen molar-refractivity contribution in [1.29, 1.82) is 0 Å². The molecule has 1 aromatic carbocycles. The molecule has 0 saturated heterocycles. The van der Waals surface area contributed by atoms with Crippen molar-refractivity contribution in [3.05, 3.63) is 54.0 Å². The third kappa shape index (κ3) is 5.25. The average Bonchev–Trinajstić information content (AvgIpc) is 2.97. The first-order valence-corrected chi connectivity index (χ1v) is 6.68. The lowest BCUT2D eigenvalue weighted by Gasteiger charge is -2.23. The number of alkyl halides is 5. The maximum Gasteiger partial charge on any atom is 0.406 e. The summed E-state index contributed by atoms with van der Waals surface area (Å²) in [6.07, 6.45) is -3.36. The third-order valence-corrected chi connectivity index (χ3v) is 2.89. The van der Waals surface area contributed by atoms with Crippen LogP contribution in [0.4, 0.5) is 22.0 Å². The minimum Gasteiger partial charge on any atom is -0.467 e. The second-order valence-corrected chi connectivity index (χ2v) is 4.76. The maximum atomic E-state index is 12.7. The molecule has 0 spiro atoms. The monoisotopic (exact) mass is 349 g/mol. The van der Waals surface area contributed by atoms with Crippen molar-refractivity contribution in [3.8, 4) is 5.75 Å². The highest BCUT2D eigenvalue weighted by Gasteiger charge is 2.34. The Kier molecular flexibility index (Phi) is 5.42. The van der Waals surface area contributed by atoms with Crippen LogP contribution in [0.25, 0.3) is 0 Å². The van der Waals surface area contributed by atoms with Gasteiger partial charge in [-0.05, 0) is 30.3 Å². The Morgan fingerprint density at radius 3 is 2.54 bits per heavy atom. The molecule has 9 heteroatoms. The summed E-state index contributed by atoms with van der Waals surface area (Å²) >= 11 is 0. The van der Waals surface area contributed by atoms with Gasteiger partial charge < -0.3 is 14.1 Å². The van der Waals surface area contributed by atoms with Crippen LogP contribution >= 0.6 is 0 Å². The van der Waals surface area contributed by atoms with Crippen LogP contribution in [-0.2, 0) is 6.54 Å². The van der Waals surface area contributed by atoms with Gasteiger partial charge in [-0.25, -0.2) is 0 Å². The van der Waals surface area contributed by atoms with Crippen molar-refractivity contribution in [2.45, 2.75) is 19.3 Å². The third-order valence-electron chi connectivity index (χ3n) is 2.89. The molecule has 0 fully saturated rings. The predicted molar refractivity (Wildman–Crippen MR) is 72.6 cm³/mol. The molecule has 0 radical (unpaired) electrons. The molecule has 0 unspecified atom stereocenters. The van der Waals surface area contributed by atoms with Crippen molar-refractivity contribution in [1.82, 2.24) is 4.90 Å². The number of nitrogens with zero attached hydrogens (tertiary/aromatic N) is 1. The number of ether oxygens (including phenoxy) is 1. The second kappa shape index (κ2) is 7.33. The minimum absolute atomic E-state index is 0.160. The van der Waals surface area contributed by atoms with Crippen molar-refractivity contribution in [2.75, 3.05) is 6.54 Å². The molecule has 130 valence electrons. The summed E-state index contributed by atoms with van der Waals surface area (Å²) in [5.74, 6) is -1.14. The summed E-state index contributed by atoms with van der Waals surface area (Å²) in [5.41, 5.74) is -0.205.